The van der Waals surface area contributed by atoms with Crippen LogP contribution in [-0.4, -0.2) is 68.0 Å². The molecule has 1 aromatic carbocycles. The van der Waals surface area contributed by atoms with Crippen LogP contribution >= 0.6 is 0 Å². The van der Waals surface area contributed by atoms with Gasteiger partial charge in [0.05, 0.1) is 22.3 Å². The number of halogens is 1. The number of nitrogens with two attached hydrogens (primary N) is 1. The Morgan fingerprint density at radius 2 is 1.81 bits per heavy atom. The van der Waals surface area contributed by atoms with E-state index in [1.807, 2.05) is 32.6 Å². The van der Waals surface area contributed by atoms with Crippen molar-refractivity contribution in [2.45, 2.75) is 70.9 Å². The first-order chi connectivity index (χ1) is 20.3. The average molecular weight is 571 g/mol. The maximum Gasteiger partial charge on any atom is 0.255 e. The minimum absolute atomic E-state index is 0.0134. The van der Waals surface area contributed by atoms with E-state index in [9.17, 15) is 9.59 Å². The number of hydrogen-bond donors (Lipinski definition) is 1. The molecule has 2 saturated heterocycles. The van der Waals surface area contributed by atoms with Gasteiger partial charge < -0.3 is 20.1 Å². The van der Waals surface area contributed by atoms with Crippen molar-refractivity contribution in [1.82, 2.24) is 24.0 Å². The molecule has 3 aliphatic rings. The van der Waals surface area contributed by atoms with Gasteiger partial charge in [0.25, 0.3) is 5.91 Å². The molecule has 1 unspecified atom stereocenters. The zero-order valence-corrected chi connectivity index (χ0v) is 24.5. The van der Waals surface area contributed by atoms with Gasteiger partial charge in [0, 0.05) is 62.8 Å². The van der Waals surface area contributed by atoms with E-state index in [4.69, 9.17) is 10.8 Å². The number of piperidine rings is 2. The Morgan fingerprint density at radius 1 is 1.02 bits per heavy atom. The molecule has 5 heterocycles. The first-order valence-electron chi connectivity index (χ1n) is 15.4. The van der Waals surface area contributed by atoms with Gasteiger partial charge in [-0.2, -0.15) is 5.10 Å². The standard InChI is InChI=1S/C33H39FN6O2/c1-20-29-8-7-24(33(42)38-11-3-4-27(35)19-38)18-40(29)36-31(20)30-15-25-14-26(34)16-28(32(25)39(30)17-22-5-6-22)23-9-12-37(13-10-23)21(2)41/h7-8,14-16,18,22-23,27H,3-6,9-13,17,19,35H2,1-2H3. The molecule has 0 radical (unpaired) electrons. The van der Waals surface area contributed by atoms with Crippen LogP contribution in [0.3, 0.4) is 0 Å². The van der Waals surface area contributed by atoms with E-state index in [0.717, 1.165) is 77.7 Å². The van der Waals surface area contributed by atoms with E-state index < -0.39 is 0 Å². The van der Waals surface area contributed by atoms with Crippen molar-refractivity contribution in [3.8, 4) is 11.4 Å². The number of pyridine rings is 1. The third-order valence-electron chi connectivity index (χ3n) is 9.62. The largest absolute Gasteiger partial charge is 0.343 e. The first kappa shape index (κ1) is 27.1. The lowest BCUT2D eigenvalue weighted by molar-refractivity contribution is -0.129. The number of hydrogen-bond acceptors (Lipinski definition) is 4. The van der Waals surface area contributed by atoms with Gasteiger partial charge in [0.15, 0.2) is 0 Å². The Morgan fingerprint density at radius 3 is 2.52 bits per heavy atom. The van der Waals surface area contributed by atoms with Crippen LogP contribution < -0.4 is 5.73 Å². The fourth-order valence-electron chi connectivity index (χ4n) is 7.09. The summed E-state index contributed by atoms with van der Waals surface area (Å²) in [7, 11) is 0. The SMILES string of the molecule is CC(=O)N1CCC(c2cc(F)cc3cc(-c4nn5cc(C(=O)N6CCCC(N)C6)ccc5c4C)n(CC4CC4)c23)CC1. The number of carbonyl (C=O) groups is 2. The summed E-state index contributed by atoms with van der Waals surface area (Å²) < 4.78 is 19.3. The number of rotatable bonds is 5. The zero-order valence-electron chi connectivity index (χ0n) is 24.5. The van der Waals surface area contributed by atoms with Crippen molar-refractivity contribution in [2.75, 3.05) is 26.2 Å². The molecule has 7 rings (SSSR count). The van der Waals surface area contributed by atoms with Crippen LogP contribution in [0.4, 0.5) is 4.39 Å². The number of aryl methyl sites for hydroxylation is 1. The van der Waals surface area contributed by atoms with Crippen LogP contribution in [0.1, 0.15) is 72.9 Å². The average Bonchev–Trinajstić information content (AvgIpc) is 3.66. The third kappa shape index (κ3) is 4.87. The quantitative estimate of drug-likeness (QED) is 0.362. The lowest BCUT2D eigenvalue weighted by Crippen LogP contribution is -2.45. The molecule has 1 aliphatic carbocycles. The van der Waals surface area contributed by atoms with E-state index in [0.29, 0.717) is 31.1 Å². The fraction of sp³-hybridized carbons (Fsp3) is 0.485. The van der Waals surface area contributed by atoms with Crippen LogP contribution in [0.2, 0.25) is 0 Å². The maximum absolute atomic E-state index is 15.1. The molecule has 2 N–H and O–H groups in total. The lowest BCUT2D eigenvalue weighted by atomic mass is 9.88. The van der Waals surface area contributed by atoms with Gasteiger partial charge in [0.1, 0.15) is 11.5 Å². The monoisotopic (exact) mass is 570 g/mol. The number of amides is 2. The maximum atomic E-state index is 15.1. The van der Waals surface area contributed by atoms with Crippen molar-refractivity contribution in [3.63, 3.8) is 0 Å². The number of carbonyl (C=O) groups excluding carboxylic acids is 2. The molecule has 42 heavy (non-hydrogen) atoms. The highest BCUT2D eigenvalue weighted by Crippen LogP contribution is 2.41. The smallest absolute Gasteiger partial charge is 0.255 e. The Hall–Kier alpha value is -3.72. The Kier molecular flexibility index (Phi) is 6.80. The minimum Gasteiger partial charge on any atom is -0.343 e. The molecule has 0 bridgehead atoms. The van der Waals surface area contributed by atoms with Crippen LogP contribution in [0.5, 0.6) is 0 Å². The Bertz CT molecular complexity index is 1690. The molecule has 9 heteroatoms. The van der Waals surface area contributed by atoms with E-state index >= 15 is 4.39 Å². The summed E-state index contributed by atoms with van der Waals surface area (Å²) in [6.07, 6.45) is 7.75. The third-order valence-corrected chi connectivity index (χ3v) is 9.62. The lowest BCUT2D eigenvalue weighted by Gasteiger charge is -2.32. The van der Waals surface area contributed by atoms with Gasteiger partial charge in [-0.05, 0) is 93.2 Å². The highest BCUT2D eigenvalue weighted by Gasteiger charge is 2.30. The second-order valence-corrected chi connectivity index (χ2v) is 12.7. The van der Waals surface area contributed by atoms with Gasteiger partial charge in [-0.15, -0.1) is 0 Å². The highest BCUT2D eigenvalue weighted by atomic mass is 19.1. The Labute approximate surface area is 245 Å². The molecule has 2 amide bonds. The Balaban J connectivity index is 1.30. The summed E-state index contributed by atoms with van der Waals surface area (Å²) in [5.74, 6) is 0.658. The molecule has 8 nitrogen and oxygen atoms in total. The van der Waals surface area contributed by atoms with Crippen molar-refractivity contribution in [2.24, 2.45) is 11.7 Å². The molecule has 0 spiro atoms. The molecule has 4 aromatic rings. The molecule has 3 aromatic heterocycles. The molecule has 1 atom stereocenters. The summed E-state index contributed by atoms with van der Waals surface area (Å²) >= 11 is 0. The molecular formula is C33H39FN6O2. The molecule has 2 aliphatic heterocycles. The van der Waals surface area contributed by atoms with Crippen molar-refractivity contribution >= 4 is 28.2 Å². The molecule has 3 fully saturated rings. The van der Waals surface area contributed by atoms with Crippen molar-refractivity contribution < 1.29 is 14.0 Å². The van der Waals surface area contributed by atoms with Gasteiger partial charge in [0.2, 0.25) is 5.91 Å². The van der Waals surface area contributed by atoms with Crippen LogP contribution in [0.25, 0.3) is 27.8 Å². The topological polar surface area (TPSA) is 88.9 Å². The van der Waals surface area contributed by atoms with E-state index in [1.165, 1.54) is 12.8 Å². The van der Waals surface area contributed by atoms with Crippen LogP contribution in [-0.2, 0) is 11.3 Å². The van der Waals surface area contributed by atoms with E-state index in [-0.39, 0.29) is 29.6 Å². The number of nitrogens with zero attached hydrogens (tertiary/aromatic N) is 5. The van der Waals surface area contributed by atoms with E-state index in [1.54, 1.807) is 19.1 Å². The summed E-state index contributed by atoms with van der Waals surface area (Å²) in [5.41, 5.74) is 12.7. The number of benzene rings is 1. The van der Waals surface area contributed by atoms with Gasteiger partial charge >= 0.3 is 0 Å². The minimum atomic E-state index is -0.228. The predicted molar refractivity (Wildman–Crippen MR) is 161 cm³/mol. The second-order valence-electron chi connectivity index (χ2n) is 12.7. The number of likely N-dealkylation sites (tertiary alicyclic amines) is 2. The van der Waals surface area contributed by atoms with Crippen molar-refractivity contribution in [1.29, 1.82) is 0 Å². The predicted octanol–water partition coefficient (Wildman–Crippen LogP) is 5.10. The van der Waals surface area contributed by atoms with Crippen LogP contribution in [0, 0.1) is 18.7 Å². The fourth-order valence-corrected chi connectivity index (χ4v) is 7.09. The molecule has 220 valence electrons. The summed E-state index contributed by atoms with van der Waals surface area (Å²) in [6, 6.07) is 9.33. The van der Waals surface area contributed by atoms with Gasteiger partial charge in [-0.25, -0.2) is 8.91 Å². The normalized spacial score (nSPS) is 20.1. The zero-order chi connectivity index (χ0) is 29.1. The summed E-state index contributed by atoms with van der Waals surface area (Å²) in [5, 5.41) is 5.92. The van der Waals surface area contributed by atoms with Crippen LogP contribution in [0.15, 0.2) is 36.5 Å². The summed E-state index contributed by atoms with van der Waals surface area (Å²) in [4.78, 5) is 29.0. The second kappa shape index (κ2) is 10.5. The highest BCUT2D eigenvalue weighted by molar-refractivity contribution is 5.95. The van der Waals surface area contributed by atoms with Gasteiger partial charge in [-0.3, -0.25) is 9.59 Å². The molecular weight excluding hydrogens is 531 g/mol. The first-order valence-corrected chi connectivity index (χ1v) is 15.4. The van der Waals surface area contributed by atoms with Gasteiger partial charge in [-0.1, -0.05) is 0 Å². The molecule has 1 saturated carbocycles. The number of fused-ring (bicyclic) bond motifs is 2. The van der Waals surface area contributed by atoms with Crippen molar-refractivity contribution in [3.05, 3.63) is 59.0 Å². The number of aromatic nitrogens is 3. The van der Waals surface area contributed by atoms with E-state index in [2.05, 4.69) is 17.6 Å². The summed E-state index contributed by atoms with van der Waals surface area (Å²) in [6.45, 7) is 7.26.